The van der Waals surface area contributed by atoms with E-state index in [-0.39, 0.29) is 18.4 Å². The van der Waals surface area contributed by atoms with Crippen molar-refractivity contribution in [1.82, 2.24) is 4.90 Å². The highest BCUT2D eigenvalue weighted by Crippen LogP contribution is 2.28. The number of amides is 1. The van der Waals surface area contributed by atoms with Crippen LogP contribution < -0.4 is 0 Å². The molecule has 0 aromatic rings. The zero-order chi connectivity index (χ0) is 14.0. The van der Waals surface area contributed by atoms with Gasteiger partial charge >= 0.3 is 6.09 Å². The van der Waals surface area contributed by atoms with Crippen molar-refractivity contribution in [3.63, 3.8) is 0 Å². The first kappa shape index (κ1) is 15.0. The molecule has 0 aromatic heterocycles. The normalized spacial score (nSPS) is 24.2. The summed E-state index contributed by atoms with van der Waals surface area (Å²) in [6.45, 7) is 8.05. The highest BCUT2D eigenvalue weighted by atomic mass is 16.6. The van der Waals surface area contributed by atoms with Crippen molar-refractivity contribution in [2.24, 2.45) is 0 Å². The fraction of sp³-hybridized carbons (Fsp3) is 0.846. The molecule has 1 saturated heterocycles. The number of likely N-dealkylation sites (tertiary alicyclic amines) is 1. The number of methoxy groups -OCH3 is 1. The van der Waals surface area contributed by atoms with Crippen molar-refractivity contribution in [1.29, 1.82) is 0 Å². The van der Waals surface area contributed by atoms with Crippen LogP contribution in [0.25, 0.3) is 0 Å². The van der Waals surface area contributed by atoms with E-state index in [1.54, 1.807) is 11.8 Å². The predicted molar refractivity (Wildman–Crippen MR) is 67.5 cm³/mol. The van der Waals surface area contributed by atoms with E-state index < -0.39 is 11.2 Å². The number of hydrogen-bond acceptors (Lipinski definition) is 4. The monoisotopic (exact) mass is 257 g/mol. The summed E-state index contributed by atoms with van der Waals surface area (Å²) >= 11 is 0. The summed E-state index contributed by atoms with van der Waals surface area (Å²) in [6, 6.07) is 0. The molecule has 1 fully saturated rings. The first-order chi connectivity index (χ1) is 8.24. The fourth-order valence-electron chi connectivity index (χ4n) is 2.09. The number of ketones is 1. The zero-order valence-corrected chi connectivity index (χ0v) is 11.9. The second-order valence-electron chi connectivity index (χ2n) is 5.63. The van der Waals surface area contributed by atoms with Crippen LogP contribution in [-0.2, 0) is 14.3 Å². The Bertz CT molecular complexity index is 334. The van der Waals surface area contributed by atoms with Gasteiger partial charge in [0.05, 0.1) is 6.54 Å². The van der Waals surface area contributed by atoms with Gasteiger partial charge in [-0.15, -0.1) is 0 Å². The van der Waals surface area contributed by atoms with E-state index in [1.807, 2.05) is 20.8 Å². The standard InChI is InChI=1S/C13H23NO4/c1-6-10(15)13(17-5)7-8-14(9-13)11(16)18-12(2,3)4/h6-9H2,1-5H3. The molecule has 0 aliphatic carbocycles. The van der Waals surface area contributed by atoms with Gasteiger partial charge in [0.25, 0.3) is 0 Å². The molecule has 0 spiro atoms. The summed E-state index contributed by atoms with van der Waals surface area (Å²) in [7, 11) is 1.52. The van der Waals surface area contributed by atoms with Gasteiger partial charge in [-0.2, -0.15) is 0 Å². The molecule has 0 N–H and O–H groups in total. The van der Waals surface area contributed by atoms with Crippen LogP contribution in [0.15, 0.2) is 0 Å². The lowest BCUT2D eigenvalue weighted by molar-refractivity contribution is -0.139. The molecule has 5 heteroatoms. The third kappa shape index (κ3) is 3.22. The van der Waals surface area contributed by atoms with Gasteiger partial charge in [0.2, 0.25) is 0 Å². The first-order valence-corrected chi connectivity index (χ1v) is 6.30. The number of rotatable bonds is 3. The van der Waals surface area contributed by atoms with Gasteiger partial charge in [0.15, 0.2) is 5.78 Å². The van der Waals surface area contributed by atoms with Crippen LogP contribution in [0.1, 0.15) is 40.5 Å². The molecule has 0 aromatic carbocycles. The average Bonchev–Trinajstić information content (AvgIpc) is 2.71. The predicted octanol–water partition coefficient (Wildman–Crippen LogP) is 1.99. The van der Waals surface area contributed by atoms with Crippen LogP contribution in [-0.4, -0.2) is 48.2 Å². The van der Waals surface area contributed by atoms with Crippen LogP contribution in [0.3, 0.4) is 0 Å². The number of ether oxygens (including phenoxy) is 2. The molecule has 1 atom stereocenters. The van der Waals surface area contributed by atoms with E-state index in [0.29, 0.717) is 19.4 Å². The largest absolute Gasteiger partial charge is 0.444 e. The minimum Gasteiger partial charge on any atom is -0.444 e. The molecule has 1 amide bonds. The van der Waals surface area contributed by atoms with Crippen molar-refractivity contribution in [3.8, 4) is 0 Å². The Balaban J connectivity index is 2.70. The van der Waals surface area contributed by atoms with Crippen molar-refractivity contribution in [2.45, 2.75) is 51.7 Å². The van der Waals surface area contributed by atoms with Crippen LogP contribution in [0.4, 0.5) is 4.79 Å². The maximum absolute atomic E-state index is 11.9. The molecule has 18 heavy (non-hydrogen) atoms. The number of carbonyl (C=O) groups excluding carboxylic acids is 2. The Labute approximate surface area is 108 Å². The van der Waals surface area contributed by atoms with Crippen molar-refractivity contribution >= 4 is 11.9 Å². The summed E-state index contributed by atoms with van der Waals surface area (Å²) in [5, 5.41) is 0. The van der Waals surface area contributed by atoms with Crippen LogP contribution in [0, 0.1) is 0 Å². The summed E-state index contributed by atoms with van der Waals surface area (Å²) in [5.74, 6) is 0.0380. The van der Waals surface area contributed by atoms with Crippen molar-refractivity contribution in [2.75, 3.05) is 20.2 Å². The highest BCUT2D eigenvalue weighted by molar-refractivity contribution is 5.88. The molecule has 1 unspecified atom stereocenters. The first-order valence-electron chi connectivity index (χ1n) is 6.30. The third-order valence-electron chi connectivity index (χ3n) is 3.10. The minimum atomic E-state index is -0.842. The van der Waals surface area contributed by atoms with Crippen molar-refractivity contribution < 1.29 is 19.1 Å². The number of hydrogen-bond donors (Lipinski definition) is 0. The van der Waals surface area contributed by atoms with E-state index in [2.05, 4.69) is 0 Å². The smallest absolute Gasteiger partial charge is 0.410 e. The Morgan fingerprint density at radius 2 is 1.94 bits per heavy atom. The molecule has 5 nitrogen and oxygen atoms in total. The Morgan fingerprint density at radius 3 is 2.39 bits per heavy atom. The molecule has 1 aliphatic rings. The van der Waals surface area contributed by atoms with Gasteiger partial charge in [-0.05, 0) is 20.8 Å². The average molecular weight is 257 g/mol. The summed E-state index contributed by atoms with van der Waals surface area (Å²) < 4.78 is 10.7. The van der Waals surface area contributed by atoms with Gasteiger partial charge in [0.1, 0.15) is 11.2 Å². The summed E-state index contributed by atoms with van der Waals surface area (Å²) in [5.41, 5.74) is -1.37. The van der Waals surface area contributed by atoms with E-state index in [9.17, 15) is 9.59 Å². The Morgan fingerprint density at radius 1 is 1.33 bits per heavy atom. The van der Waals surface area contributed by atoms with E-state index in [0.717, 1.165) is 0 Å². The lowest BCUT2D eigenvalue weighted by Gasteiger charge is -2.27. The topological polar surface area (TPSA) is 55.8 Å². The second kappa shape index (κ2) is 5.26. The van der Waals surface area contributed by atoms with Crippen LogP contribution in [0.5, 0.6) is 0 Å². The molecule has 1 rings (SSSR count). The lowest BCUT2D eigenvalue weighted by Crippen LogP contribution is -2.45. The fourth-order valence-corrected chi connectivity index (χ4v) is 2.09. The maximum Gasteiger partial charge on any atom is 0.410 e. The number of nitrogens with zero attached hydrogens (tertiary/aromatic N) is 1. The highest BCUT2D eigenvalue weighted by Gasteiger charge is 2.46. The molecular weight excluding hydrogens is 234 g/mol. The van der Waals surface area contributed by atoms with E-state index >= 15 is 0 Å². The molecule has 1 aliphatic heterocycles. The number of Topliss-reactive ketones (excluding diaryl/α,β-unsaturated/α-hetero) is 1. The SMILES string of the molecule is CCC(=O)C1(OC)CCN(C(=O)OC(C)(C)C)C1. The molecule has 104 valence electrons. The van der Waals surface area contributed by atoms with Gasteiger partial charge in [-0.3, -0.25) is 4.79 Å². The third-order valence-corrected chi connectivity index (χ3v) is 3.10. The number of carbonyl (C=O) groups is 2. The van der Waals surface area contributed by atoms with Gasteiger partial charge in [-0.25, -0.2) is 4.79 Å². The molecule has 0 bridgehead atoms. The van der Waals surface area contributed by atoms with Crippen LogP contribution in [0.2, 0.25) is 0 Å². The quantitative estimate of drug-likeness (QED) is 0.776. The Hall–Kier alpha value is -1.10. The van der Waals surface area contributed by atoms with E-state index in [4.69, 9.17) is 9.47 Å². The second-order valence-corrected chi connectivity index (χ2v) is 5.63. The van der Waals surface area contributed by atoms with Crippen molar-refractivity contribution in [3.05, 3.63) is 0 Å². The van der Waals surface area contributed by atoms with Gasteiger partial charge in [0, 0.05) is 26.5 Å². The minimum absolute atomic E-state index is 0.0380. The molecule has 1 heterocycles. The summed E-state index contributed by atoms with van der Waals surface area (Å²) in [6.07, 6.45) is 0.566. The van der Waals surface area contributed by atoms with Gasteiger partial charge < -0.3 is 14.4 Å². The molecule has 0 saturated carbocycles. The lowest BCUT2D eigenvalue weighted by atomic mass is 9.95. The Kier molecular flexibility index (Phi) is 4.37. The van der Waals surface area contributed by atoms with E-state index in [1.165, 1.54) is 7.11 Å². The zero-order valence-electron chi connectivity index (χ0n) is 11.9. The molecular formula is C13H23NO4. The summed E-state index contributed by atoms with van der Waals surface area (Å²) in [4.78, 5) is 25.4. The molecule has 0 radical (unpaired) electrons. The van der Waals surface area contributed by atoms with Gasteiger partial charge in [-0.1, -0.05) is 6.92 Å². The maximum atomic E-state index is 11.9. The van der Waals surface area contributed by atoms with Crippen LogP contribution >= 0.6 is 0 Å².